The van der Waals surface area contributed by atoms with Crippen molar-refractivity contribution in [3.63, 3.8) is 0 Å². The second-order valence-corrected chi connectivity index (χ2v) is 10.2. The lowest BCUT2D eigenvalue weighted by Gasteiger charge is -2.26. The first-order chi connectivity index (χ1) is 18.3. The lowest BCUT2D eigenvalue weighted by Crippen LogP contribution is -2.33. The second kappa shape index (κ2) is 11.6. The molecule has 0 aliphatic rings. The van der Waals surface area contributed by atoms with Crippen molar-refractivity contribution in [2.24, 2.45) is 5.10 Å². The van der Waals surface area contributed by atoms with Crippen LogP contribution in [-0.2, 0) is 16.6 Å². The molecule has 0 aliphatic carbocycles. The van der Waals surface area contributed by atoms with Crippen molar-refractivity contribution in [1.29, 1.82) is 0 Å². The van der Waals surface area contributed by atoms with Gasteiger partial charge in [0.05, 0.1) is 35.5 Å². The molecule has 9 heteroatoms. The third-order valence-electron chi connectivity index (χ3n) is 5.85. The van der Waals surface area contributed by atoms with Crippen molar-refractivity contribution < 1.29 is 23.1 Å². The summed E-state index contributed by atoms with van der Waals surface area (Å²) in [4.78, 5) is 13.3. The molecule has 4 rings (SSSR count). The molecule has 0 radical (unpaired) electrons. The highest BCUT2D eigenvalue weighted by Gasteiger charge is 2.28. The number of nitrogens with one attached hydrogen (secondary N) is 1. The number of methoxy groups -OCH3 is 1. The van der Waals surface area contributed by atoms with Gasteiger partial charge in [0.2, 0.25) is 0 Å². The van der Waals surface area contributed by atoms with E-state index in [1.54, 1.807) is 55.5 Å². The van der Waals surface area contributed by atoms with Gasteiger partial charge in [-0.15, -0.1) is 0 Å². The number of para-hydroxylation sites is 2. The summed E-state index contributed by atoms with van der Waals surface area (Å²) in [5.74, 6) is -0.0441. The predicted octanol–water partition coefficient (Wildman–Crippen LogP) is 4.95. The minimum atomic E-state index is -4.08. The number of amides is 1. The molecule has 0 fully saturated rings. The zero-order chi connectivity index (χ0) is 27.1. The van der Waals surface area contributed by atoms with Crippen LogP contribution in [0.2, 0.25) is 0 Å². The molecule has 194 valence electrons. The van der Waals surface area contributed by atoms with Gasteiger partial charge in [-0.25, -0.2) is 13.8 Å². The van der Waals surface area contributed by atoms with E-state index in [2.05, 4.69) is 10.5 Å². The standard InChI is InChI=1S/C29H27N3O5S/c1-21(25-12-7-9-15-28(25)33)30-31-29(34)26-13-6-8-14-27(26)32(20-22-10-4-3-5-11-22)38(35,36)24-18-16-23(37-2)17-19-24/h3-19,33H,20H2,1-2H3,(H,31,34)/b30-21-. The largest absolute Gasteiger partial charge is 0.507 e. The Morgan fingerprint density at radius 1 is 0.868 bits per heavy atom. The van der Waals surface area contributed by atoms with Gasteiger partial charge in [0.25, 0.3) is 15.9 Å². The van der Waals surface area contributed by atoms with Gasteiger partial charge in [0.15, 0.2) is 0 Å². The van der Waals surface area contributed by atoms with Crippen molar-refractivity contribution in [2.75, 3.05) is 11.4 Å². The van der Waals surface area contributed by atoms with E-state index in [0.717, 1.165) is 5.56 Å². The highest BCUT2D eigenvalue weighted by atomic mass is 32.2. The molecule has 0 aliphatic heterocycles. The lowest BCUT2D eigenvalue weighted by atomic mass is 10.1. The molecule has 2 N–H and O–H groups in total. The highest BCUT2D eigenvalue weighted by molar-refractivity contribution is 7.92. The van der Waals surface area contributed by atoms with Gasteiger partial charge in [-0.1, -0.05) is 54.6 Å². The number of nitrogens with zero attached hydrogens (tertiary/aromatic N) is 2. The molecular weight excluding hydrogens is 502 g/mol. The number of anilines is 1. The Morgan fingerprint density at radius 2 is 1.47 bits per heavy atom. The molecule has 0 saturated heterocycles. The smallest absolute Gasteiger partial charge is 0.273 e. The summed E-state index contributed by atoms with van der Waals surface area (Å²) in [7, 11) is -2.58. The van der Waals surface area contributed by atoms with Crippen molar-refractivity contribution in [1.82, 2.24) is 5.43 Å². The van der Waals surface area contributed by atoms with Gasteiger partial charge in [0, 0.05) is 5.56 Å². The quantitative estimate of drug-likeness (QED) is 0.236. The van der Waals surface area contributed by atoms with Crippen LogP contribution in [0, 0.1) is 0 Å². The number of aromatic hydroxyl groups is 1. The van der Waals surface area contributed by atoms with Gasteiger partial charge in [-0.2, -0.15) is 5.10 Å². The molecule has 38 heavy (non-hydrogen) atoms. The van der Waals surface area contributed by atoms with Crippen LogP contribution in [0.1, 0.15) is 28.4 Å². The molecule has 0 saturated carbocycles. The molecule has 0 aromatic heterocycles. The molecule has 0 bridgehead atoms. The van der Waals surface area contributed by atoms with Crippen molar-refractivity contribution in [2.45, 2.75) is 18.4 Å². The SMILES string of the molecule is COc1ccc(S(=O)(=O)N(Cc2ccccc2)c2ccccc2C(=O)N/N=C(/C)c2ccccc2O)cc1. The third kappa shape index (κ3) is 5.84. The molecule has 0 atom stereocenters. The first-order valence-corrected chi connectivity index (χ1v) is 13.2. The van der Waals surface area contributed by atoms with Crippen LogP contribution in [0.5, 0.6) is 11.5 Å². The molecule has 8 nitrogen and oxygen atoms in total. The number of phenols is 1. The van der Waals surface area contributed by atoms with E-state index >= 15 is 0 Å². The predicted molar refractivity (Wildman–Crippen MR) is 147 cm³/mol. The highest BCUT2D eigenvalue weighted by Crippen LogP contribution is 2.30. The molecule has 0 heterocycles. The number of hydrogen-bond donors (Lipinski definition) is 2. The summed E-state index contributed by atoms with van der Waals surface area (Å²) in [5.41, 5.74) is 4.40. The molecular formula is C29H27N3O5S. The zero-order valence-corrected chi connectivity index (χ0v) is 21.7. The van der Waals surface area contributed by atoms with Crippen LogP contribution < -0.4 is 14.5 Å². The lowest BCUT2D eigenvalue weighted by molar-refractivity contribution is 0.0955. The van der Waals surface area contributed by atoms with Gasteiger partial charge in [0.1, 0.15) is 11.5 Å². The Bertz CT molecular complexity index is 1550. The topological polar surface area (TPSA) is 108 Å². The number of carbonyl (C=O) groups excluding carboxylic acids is 1. The summed E-state index contributed by atoms with van der Waals surface area (Å²) in [6, 6.07) is 28.3. The fourth-order valence-corrected chi connectivity index (χ4v) is 5.31. The van der Waals surface area contributed by atoms with Crippen molar-refractivity contribution in [3.05, 3.63) is 120 Å². The van der Waals surface area contributed by atoms with E-state index in [0.29, 0.717) is 17.0 Å². The fraction of sp³-hybridized carbons (Fsp3) is 0.103. The maximum Gasteiger partial charge on any atom is 0.273 e. The van der Waals surface area contributed by atoms with E-state index < -0.39 is 15.9 Å². The van der Waals surface area contributed by atoms with Gasteiger partial charge < -0.3 is 9.84 Å². The van der Waals surface area contributed by atoms with Crippen molar-refractivity contribution in [3.8, 4) is 11.5 Å². The molecule has 1 amide bonds. The fourth-order valence-electron chi connectivity index (χ4n) is 3.84. The number of rotatable bonds is 9. The number of hydrogen-bond acceptors (Lipinski definition) is 6. The maximum absolute atomic E-state index is 13.9. The Hall–Kier alpha value is -4.63. The zero-order valence-electron chi connectivity index (χ0n) is 20.9. The Labute approximate surface area is 221 Å². The van der Waals surface area contributed by atoms with Crippen LogP contribution in [0.15, 0.2) is 113 Å². The molecule has 4 aromatic carbocycles. The average molecular weight is 530 g/mol. The van der Waals surface area contributed by atoms with E-state index in [4.69, 9.17) is 4.74 Å². The number of hydrazone groups is 1. The third-order valence-corrected chi connectivity index (χ3v) is 7.63. The number of carbonyl (C=O) groups is 1. The second-order valence-electron chi connectivity index (χ2n) is 8.35. The number of ether oxygens (including phenoxy) is 1. The first-order valence-electron chi connectivity index (χ1n) is 11.7. The van der Waals surface area contributed by atoms with Crippen LogP contribution in [-0.4, -0.2) is 32.3 Å². The summed E-state index contributed by atoms with van der Waals surface area (Å²) < 4.78 is 34.2. The summed E-state index contributed by atoms with van der Waals surface area (Å²) in [6.45, 7) is 1.65. The minimum Gasteiger partial charge on any atom is -0.507 e. The first kappa shape index (κ1) is 26.4. The minimum absolute atomic E-state index is 0.000318. The summed E-state index contributed by atoms with van der Waals surface area (Å²) >= 11 is 0. The van der Waals surface area contributed by atoms with Crippen LogP contribution >= 0.6 is 0 Å². The molecule has 0 spiro atoms. The van der Waals surface area contributed by atoms with Crippen LogP contribution in [0.3, 0.4) is 0 Å². The molecule has 0 unspecified atom stereocenters. The van der Waals surface area contributed by atoms with E-state index in [9.17, 15) is 18.3 Å². The van der Waals surface area contributed by atoms with Gasteiger partial charge in [-0.3, -0.25) is 9.10 Å². The summed E-state index contributed by atoms with van der Waals surface area (Å²) in [5, 5.41) is 14.2. The normalized spacial score (nSPS) is 11.6. The Morgan fingerprint density at radius 3 is 2.13 bits per heavy atom. The van der Waals surface area contributed by atoms with Gasteiger partial charge >= 0.3 is 0 Å². The maximum atomic E-state index is 13.9. The van der Waals surface area contributed by atoms with Gasteiger partial charge in [-0.05, 0) is 61.0 Å². The number of phenolic OH excluding ortho intramolecular Hbond substituents is 1. The van der Waals surface area contributed by atoms with E-state index in [1.807, 2.05) is 30.3 Å². The van der Waals surface area contributed by atoms with Crippen LogP contribution in [0.25, 0.3) is 0 Å². The number of benzene rings is 4. The monoisotopic (exact) mass is 529 g/mol. The van der Waals surface area contributed by atoms with Crippen molar-refractivity contribution >= 4 is 27.3 Å². The van der Waals surface area contributed by atoms with E-state index in [-0.39, 0.29) is 28.4 Å². The molecule has 4 aromatic rings. The Balaban J connectivity index is 1.73. The van der Waals surface area contributed by atoms with E-state index in [1.165, 1.54) is 35.7 Å². The Kier molecular flexibility index (Phi) is 8.08. The summed E-state index contributed by atoms with van der Waals surface area (Å²) in [6.07, 6.45) is 0. The van der Waals surface area contributed by atoms with Crippen LogP contribution in [0.4, 0.5) is 5.69 Å². The average Bonchev–Trinajstić information content (AvgIpc) is 2.95. The number of sulfonamides is 1.